The monoisotopic (exact) mass is 327 g/mol. The zero-order valence-corrected chi connectivity index (χ0v) is 11.5. The topological polar surface area (TPSA) is 40.5 Å². The van der Waals surface area contributed by atoms with Gasteiger partial charge in [0.05, 0.1) is 21.8 Å². The average Bonchev–Trinajstić information content (AvgIpc) is 2.57. The molecule has 0 fully saturated rings. The summed E-state index contributed by atoms with van der Waals surface area (Å²) in [6.07, 6.45) is -2.60. The van der Waals surface area contributed by atoms with Gasteiger partial charge < -0.3 is 10.0 Å². The van der Waals surface area contributed by atoms with E-state index in [-0.39, 0.29) is 13.2 Å². The lowest BCUT2D eigenvalue weighted by atomic mass is 10.3. The number of nitrogens with zero attached hydrogens (tertiary/aromatic N) is 1. The lowest BCUT2D eigenvalue weighted by molar-refractivity contribution is 0.0513. The molecule has 0 aliphatic heterocycles. The predicted octanol–water partition coefficient (Wildman–Crippen LogP) is 2.52. The van der Waals surface area contributed by atoms with E-state index in [2.05, 4.69) is 15.9 Å². The van der Waals surface area contributed by atoms with Crippen molar-refractivity contribution in [3.05, 3.63) is 20.3 Å². The van der Waals surface area contributed by atoms with Crippen LogP contribution in [-0.4, -0.2) is 42.0 Å². The Bertz CT molecular complexity index is 378. The Kier molecular flexibility index (Phi) is 5.48. The average molecular weight is 328 g/mol. The molecule has 0 aliphatic rings. The molecule has 0 saturated heterocycles. The second-order valence-electron chi connectivity index (χ2n) is 3.43. The van der Waals surface area contributed by atoms with Crippen LogP contribution in [0, 0.1) is 6.92 Å². The molecule has 3 nitrogen and oxygen atoms in total. The van der Waals surface area contributed by atoms with Gasteiger partial charge in [0.1, 0.15) is 0 Å². The highest BCUT2D eigenvalue weighted by Gasteiger charge is 2.21. The van der Waals surface area contributed by atoms with Gasteiger partial charge in [-0.1, -0.05) is 0 Å². The number of thiophene rings is 1. The zero-order chi connectivity index (χ0) is 13.0. The lowest BCUT2D eigenvalue weighted by Gasteiger charge is -2.20. The maximum atomic E-state index is 12.3. The molecule has 1 heterocycles. The van der Waals surface area contributed by atoms with Crippen molar-refractivity contribution in [2.75, 3.05) is 19.7 Å². The van der Waals surface area contributed by atoms with Crippen LogP contribution < -0.4 is 0 Å². The molecule has 0 saturated carbocycles. The minimum atomic E-state index is -2.60. The van der Waals surface area contributed by atoms with Crippen molar-refractivity contribution in [3.63, 3.8) is 0 Å². The van der Waals surface area contributed by atoms with Crippen molar-refractivity contribution in [1.29, 1.82) is 0 Å². The first kappa shape index (κ1) is 14.5. The summed E-state index contributed by atoms with van der Waals surface area (Å²) in [5, 5.41) is 8.76. The van der Waals surface area contributed by atoms with Gasteiger partial charge in [-0.05, 0) is 34.5 Å². The molecule has 1 rings (SSSR count). The summed E-state index contributed by atoms with van der Waals surface area (Å²) in [5.41, 5.74) is 0.888. The first-order chi connectivity index (χ1) is 7.95. The third-order valence-corrected chi connectivity index (χ3v) is 4.21. The van der Waals surface area contributed by atoms with Gasteiger partial charge in [0.2, 0.25) is 0 Å². The first-order valence-electron chi connectivity index (χ1n) is 4.90. The zero-order valence-electron chi connectivity index (χ0n) is 9.12. The van der Waals surface area contributed by atoms with Gasteiger partial charge in [0.25, 0.3) is 12.3 Å². The highest BCUT2D eigenvalue weighted by atomic mass is 79.9. The van der Waals surface area contributed by atoms with Crippen molar-refractivity contribution in [1.82, 2.24) is 4.90 Å². The van der Waals surface area contributed by atoms with E-state index < -0.39 is 18.9 Å². The van der Waals surface area contributed by atoms with Gasteiger partial charge in [0, 0.05) is 6.54 Å². The summed E-state index contributed by atoms with van der Waals surface area (Å²) in [5.74, 6) is -0.474. The number of halogens is 3. The minimum Gasteiger partial charge on any atom is -0.395 e. The van der Waals surface area contributed by atoms with Gasteiger partial charge in [-0.2, -0.15) is 0 Å². The molecule has 1 amide bonds. The number of aliphatic hydroxyl groups excluding tert-OH is 1. The summed E-state index contributed by atoms with van der Waals surface area (Å²) in [4.78, 5) is 13.3. The number of alkyl halides is 2. The van der Waals surface area contributed by atoms with Gasteiger partial charge in [-0.25, -0.2) is 8.78 Å². The molecule has 0 unspecified atom stereocenters. The smallest absolute Gasteiger partial charge is 0.264 e. The fraction of sp³-hybridized carbons (Fsp3) is 0.500. The van der Waals surface area contributed by atoms with Crippen LogP contribution in [0.4, 0.5) is 8.78 Å². The van der Waals surface area contributed by atoms with Gasteiger partial charge in [-0.3, -0.25) is 4.79 Å². The van der Waals surface area contributed by atoms with E-state index in [0.29, 0.717) is 4.88 Å². The SMILES string of the molecule is Cc1cc(C(=O)N(CCO)CC(F)F)sc1Br. The van der Waals surface area contributed by atoms with E-state index in [1.807, 2.05) is 6.92 Å². The Hall–Kier alpha value is -0.530. The highest BCUT2D eigenvalue weighted by Crippen LogP contribution is 2.28. The second-order valence-corrected chi connectivity index (χ2v) is 5.80. The molecule has 0 atom stereocenters. The third kappa shape index (κ3) is 4.01. The summed E-state index contributed by atoms with van der Waals surface area (Å²) in [7, 11) is 0. The van der Waals surface area contributed by atoms with Crippen molar-refractivity contribution < 1.29 is 18.7 Å². The number of amides is 1. The Labute approximate surface area is 110 Å². The number of carbonyl (C=O) groups excluding carboxylic acids is 1. The summed E-state index contributed by atoms with van der Waals surface area (Å²) >= 11 is 4.48. The van der Waals surface area contributed by atoms with Crippen LogP contribution in [0.25, 0.3) is 0 Å². The Morgan fingerprint density at radius 3 is 2.71 bits per heavy atom. The van der Waals surface area contributed by atoms with Crippen LogP contribution in [0.2, 0.25) is 0 Å². The molecular formula is C10H12BrF2NO2S. The van der Waals surface area contributed by atoms with Crippen LogP contribution >= 0.6 is 27.3 Å². The molecule has 1 N–H and O–H groups in total. The fourth-order valence-corrected chi connectivity index (χ4v) is 2.79. The van der Waals surface area contributed by atoms with E-state index in [1.54, 1.807) is 6.07 Å². The van der Waals surface area contributed by atoms with E-state index in [9.17, 15) is 13.6 Å². The van der Waals surface area contributed by atoms with Gasteiger partial charge in [-0.15, -0.1) is 11.3 Å². The molecule has 96 valence electrons. The molecule has 1 aromatic rings. The summed E-state index contributed by atoms with van der Waals surface area (Å²) in [6.45, 7) is 0.747. The standard InChI is InChI=1S/C10H12BrF2NO2S/c1-6-4-7(17-9(6)11)10(16)14(2-3-15)5-8(12)13/h4,8,15H,2-3,5H2,1H3. The van der Waals surface area contributed by atoms with E-state index in [4.69, 9.17) is 5.11 Å². The van der Waals surface area contributed by atoms with E-state index in [0.717, 1.165) is 14.2 Å². The van der Waals surface area contributed by atoms with Crippen molar-refractivity contribution in [2.45, 2.75) is 13.3 Å². The number of aliphatic hydroxyl groups is 1. The van der Waals surface area contributed by atoms with E-state index in [1.165, 1.54) is 11.3 Å². The molecule has 7 heteroatoms. The predicted molar refractivity (Wildman–Crippen MR) is 65.7 cm³/mol. The van der Waals surface area contributed by atoms with Crippen LogP contribution in [0.1, 0.15) is 15.2 Å². The molecule has 1 aromatic heterocycles. The molecule has 0 bridgehead atoms. The number of rotatable bonds is 5. The van der Waals surface area contributed by atoms with Crippen LogP contribution in [-0.2, 0) is 0 Å². The number of aryl methyl sites for hydroxylation is 1. The molecule has 0 spiro atoms. The fourth-order valence-electron chi connectivity index (χ4n) is 1.28. The van der Waals surface area contributed by atoms with Crippen LogP contribution in [0.3, 0.4) is 0 Å². The Morgan fingerprint density at radius 1 is 1.65 bits per heavy atom. The maximum absolute atomic E-state index is 12.3. The largest absolute Gasteiger partial charge is 0.395 e. The van der Waals surface area contributed by atoms with Gasteiger partial charge >= 0.3 is 0 Å². The Morgan fingerprint density at radius 2 is 2.29 bits per heavy atom. The normalized spacial score (nSPS) is 10.9. The molecular weight excluding hydrogens is 316 g/mol. The van der Waals surface area contributed by atoms with Crippen molar-refractivity contribution >= 4 is 33.2 Å². The molecule has 17 heavy (non-hydrogen) atoms. The Balaban J connectivity index is 2.83. The van der Waals surface area contributed by atoms with E-state index >= 15 is 0 Å². The van der Waals surface area contributed by atoms with Crippen molar-refractivity contribution in [3.8, 4) is 0 Å². The number of hydrogen-bond acceptors (Lipinski definition) is 3. The minimum absolute atomic E-state index is 0.0856. The molecule has 0 aromatic carbocycles. The molecule has 0 aliphatic carbocycles. The summed E-state index contributed by atoms with van der Waals surface area (Å²) in [6, 6.07) is 1.65. The molecule has 0 radical (unpaired) electrons. The first-order valence-corrected chi connectivity index (χ1v) is 6.51. The van der Waals surface area contributed by atoms with Gasteiger partial charge in [0.15, 0.2) is 0 Å². The lowest BCUT2D eigenvalue weighted by Crippen LogP contribution is -2.36. The summed E-state index contributed by atoms with van der Waals surface area (Å²) < 4.78 is 25.4. The highest BCUT2D eigenvalue weighted by molar-refractivity contribution is 9.11. The number of carbonyl (C=O) groups is 1. The second kappa shape index (κ2) is 6.42. The number of hydrogen-bond donors (Lipinski definition) is 1. The third-order valence-electron chi connectivity index (χ3n) is 2.08. The van der Waals surface area contributed by atoms with Crippen LogP contribution in [0.5, 0.6) is 0 Å². The quantitative estimate of drug-likeness (QED) is 0.902. The van der Waals surface area contributed by atoms with Crippen molar-refractivity contribution in [2.24, 2.45) is 0 Å². The van der Waals surface area contributed by atoms with Crippen LogP contribution in [0.15, 0.2) is 9.85 Å². The maximum Gasteiger partial charge on any atom is 0.264 e.